The Hall–Kier alpha value is -1.16. The van der Waals surface area contributed by atoms with Gasteiger partial charge in [0.15, 0.2) is 5.65 Å². The Kier molecular flexibility index (Phi) is 2.86. The first kappa shape index (κ1) is 10.4. The van der Waals surface area contributed by atoms with E-state index in [0.717, 1.165) is 17.8 Å². The third kappa shape index (κ3) is 1.81. The molecule has 5 heteroatoms. The lowest BCUT2D eigenvalue weighted by atomic mass is 9.99. The van der Waals surface area contributed by atoms with Crippen LogP contribution in [0.15, 0.2) is 18.7 Å². The van der Waals surface area contributed by atoms with Crippen molar-refractivity contribution in [2.24, 2.45) is 0 Å². The molecular weight excluding hydrogens is 212 g/mol. The summed E-state index contributed by atoms with van der Waals surface area (Å²) in [5.41, 5.74) is 1.73. The smallest absolute Gasteiger partial charge is 0.182 e. The summed E-state index contributed by atoms with van der Waals surface area (Å²) >= 11 is 6.15. The molecule has 0 spiro atoms. The molecule has 80 valence electrons. The maximum absolute atomic E-state index is 6.15. The molecule has 0 fully saturated rings. The van der Waals surface area contributed by atoms with Crippen molar-refractivity contribution in [3.63, 3.8) is 0 Å². The minimum absolute atomic E-state index is 0.0467. The van der Waals surface area contributed by atoms with Crippen LogP contribution in [0.1, 0.15) is 31.9 Å². The molecule has 0 bridgehead atoms. The number of hydrogen-bond acceptors (Lipinski definition) is 3. The molecule has 2 heterocycles. The van der Waals surface area contributed by atoms with Crippen LogP contribution in [0, 0.1) is 0 Å². The summed E-state index contributed by atoms with van der Waals surface area (Å²) in [5, 5.41) is 7.98. The SMILES string of the molecule is CCC(c1nccn2cnnc12)C(C)Cl. The molecule has 2 aromatic heterocycles. The number of nitrogens with zero attached hydrogens (tertiary/aromatic N) is 4. The molecule has 0 amide bonds. The fourth-order valence-corrected chi connectivity index (χ4v) is 2.07. The highest BCUT2D eigenvalue weighted by Crippen LogP contribution is 2.27. The van der Waals surface area contributed by atoms with E-state index >= 15 is 0 Å². The van der Waals surface area contributed by atoms with Gasteiger partial charge in [0, 0.05) is 23.7 Å². The third-order valence-electron chi connectivity index (χ3n) is 2.59. The van der Waals surface area contributed by atoms with Crippen molar-refractivity contribution in [1.29, 1.82) is 0 Å². The molecule has 0 aliphatic heterocycles. The predicted octanol–water partition coefficient (Wildman–Crippen LogP) is 2.25. The molecule has 0 radical (unpaired) electrons. The lowest BCUT2D eigenvalue weighted by Crippen LogP contribution is -2.11. The van der Waals surface area contributed by atoms with Gasteiger partial charge in [-0.15, -0.1) is 21.8 Å². The van der Waals surface area contributed by atoms with Crippen LogP contribution in [0.5, 0.6) is 0 Å². The Morgan fingerprint density at radius 1 is 1.53 bits per heavy atom. The first-order valence-corrected chi connectivity index (χ1v) is 5.46. The van der Waals surface area contributed by atoms with E-state index < -0.39 is 0 Å². The average Bonchev–Trinajstić information content (AvgIpc) is 2.66. The fraction of sp³-hybridized carbons (Fsp3) is 0.500. The largest absolute Gasteiger partial charge is 0.286 e. The van der Waals surface area contributed by atoms with E-state index in [9.17, 15) is 0 Å². The van der Waals surface area contributed by atoms with Gasteiger partial charge >= 0.3 is 0 Å². The lowest BCUT2D eigenvalue weighted by molar-refractivity contribution is 0.631. The van der Waals surface area contributed by atoms with Gasteiger partial charge in [0.25, 0.3) is 0 Å². The summed E-state index contributed by atoms with van der Waals surface area (Å²) in [7, 11) is 0. The summed E-state index contributed by atoms with van der Waals surface area (Å²) in [6.07, 6.45) is 6.22. The van der Waals surface area contributed by atoms with E-state index in [1.807, 2.05) is 17.5 Å². The molecule has 0 saturated heterocycles. The van der Waals surface area contributed by atoms with Gasteiger partial charge in [0.2, 0.25) is 0 Å². The maximum Gasteiger partial charge on any atom is 0.182 e. The van der Waals surface area contributed by atoms with Crippen LogP contribution < -0.4 is 0 Å². The Morgan fingerprint density at radius 3 is 3.00 bits per heavy atom. The number of fused-ring (bicyclic) bond motifs is 1. The molecule has 2 unspecified atom stereocenters. The van der Waals surface area contributed by atoms with Crippen LogP contribution in [-0.4, -0.2) is 25.0 Å². The van der Waals surface area contributed by atoms with E-state index in [1.165, 1.54) is 0 Å². The zero-order valence-corrected chi connectivity index (χ0v) is 9.52. The van der Waals surface area contributed by atoms with Gasteiger partial charge in [-0.3, -0.25) is 9.38 Å². The highest BCUT2D eigenvalue weighted by Gasteiger charge is 2.20. The molecule has 15 heavy (non-hydrogen) atoms. The Morgan fingerprint density at radius 2 is 2.33 bits per heavy atom. The quantitative estimate of drug-likeness (QED) is 0.751. The highest BCUT2D eigenvalue weighted by atomic mass is 35.5. The molecule has 0 saturated carbocycles. The molecule has 4 nitrogen and oxygen atoms in total. The molecule has 0 N–H and O–H groups in total. The number of hydrogen-bond donors (Lipinski definition) is 0. The second-order valence-electron chi connectivity index (χ2n) is 3.57. The van der Waals surface area contributed by atoms with Gasteiger partial charge in [-0.1, -0.05) is 6.92 Å². The van der Waals surface area contributed by atoms with E-state index in [2.05, 4.69) is 22.1 Å². The molecule has 2 rings (SSSR count). The first-order valence-electron chi connectivity index (χ1n) is 5.02. The van der Waals surface area contributed by atoms with E-state index in [-0.39, 0.29) is 11.3 Å². The van der Waals surface area contributed by atoms with Crippen molar-refractivity contribution < 1.29 is 0 Å². The molecule has 2 atom stereocenters. The van der Waals surface area contributed by atoms with Crippen LogP contribution in [0.3, 0.4) is 0 Å². The van der Waals surface area contributed by atoms with E-state index in [1.54, 1.807) is 12.5 Å². The van der Waals surface area contributed by atoms with Crippen LogP contribution in [0.25, 0.3) is 5.65 Å². The van der Waals surface area contributed by atoms with Crippen LogP contribution in [-0.2, 0) is 0 Å². The summed E-state index contributed by atoms with van der Waals surface area (Å²) in [6, 6.07) is 0. The van der Waals surface area contributed by atoms with Gasteiger partial charge in [0.05, 0.1) is 5.69 Å². The van der Waals surface area contributed by atoms with Gasteiger partial charge in [-0.2, -0.15) is 0 Å². The van der Waals surface area contributed by atoms with Gasteiger partial charge in [-0.05, 0) is 13.3 Å². The second-order valence-corrected chi connectivity index (χ2v) is 4.25. The minimum Gasteiger partial charge on any atom is -0.286 e. The van der Waals surface area contributed by atoms with Crippen molar-refractivity contribution in [2.45, 2.75) is 31.6 Å². The molecule has 2 aromatic rings. The molecular formula is C10H13ClN4. The molecule has 0 aliphatic carbocycles. The minimum atomic E-state index is 0.0467. The average molecular weight is 225 g/mol. The number of rotatable bonds is 3. The Labute approximate surface area is 93.3 Å². The van der Waals surface area contributed by atoms with Gasteiger partial charge in [-0.25, -0.2) is 0 Å². The van der Waals surface area contributed by atoms with Crippen molar-refractivity contribution in [1.82, 2.24) is 19.6 Å². The van der Waals surface area contributed by atoms with E-state index in [4.69, 9.17) is 11.6 Å². The fourth-order valence-electron chi connectivity index (χ4n) is 1.78. The molecule has 0 aliphatic rings. The summed E-state index contributed by atoms with van der Waals surface area (Å²) < 4.78 is 1.87. The maximum atomic E-state index is 6.15. The summed E-state index contributed by atoms with van der Waals surface area (Å²) in [5.74, 6) is 0.222. The monoisotopic (exact) mass is 224 g/mol. The van der Waals surface area contributed by atoms with Crippen molar-refractivity contribution >= 4 is 17.2 Å². The zero-order chi connectivity index (χ0) is 10.8. The Bertz CT molecular complexity index is 451. The second kappa shape index (κ2) is 4.14. The number of halogens is 1. The van der Waals surface area contributed by atoms with Crippen LogP contribution >= 0.6 is 11.6 Å². The normalized spacial score (nSPS) is 15.4. The van der Waals surface area contributed by atoms with E-state index in [0.29, 0.717) is 0 Å². The van der Waals surface area contributed by atoms with Crippen molar-refractivity contribution in [2.75, 3.05) is 0 Å². The zero-order valence-electron chi connectivity index (χ0n) is 8.76. The summed E-state index contributed by atoms with van der Waals surface area (Å²) in [6.45, 7) is 4.09. The predicted molar refractivity (Wildman–Crippen MR) is 59.1 cm³/mol. The third-order valence-corrected chi connectivity index (χ3v) is 2.89. The van der Waals surface area contributed by atoms with Gasteiger partial charge in [0.1, 0.15) is 6.33 Å². The number of alkyl halides is 1. The topological polar surface area (TPSA) is 43.1 Å². The Balaban J connectivity index is 2.54. The first-order chi connectivity index (χ1) is 7.24. The lowest BCUT2D eigenvalue weighted by Gasteiger charge is -2.16. The van der Waals surface area contributed by atoms with Crippen molar-refractivity contribution in [3.05, 3.63) is 24.4 Å². The highest BCUT2D eigenvalue weighted by molar-refractivity contribution is 6.20. The van der Waals surface area contributed by atoms with Gasteiger partial charge < -0.3 is 0 Å². The summed E-state index contributed by atoms with van der Waals surface area (Å²) in [4.78, 5) is 4.36. The molecule has 0 aromatic carbocycles. The van der Waals surface area contributed by atoms with Crippen molar-refractivity contribution in [3.8, 4) is 0 Å². The van der Waals surface area contributed by atoms with Crippen LogP contribution in [0.2, 0.25) is 0 Å². The standard InChI is InChI=1S/C10H13ClN4/c1-3-8(7(2)11)9-10-14-13-6-15(10)5-4-12-9/h4-8H,3H2,1-2H3. The number of aromatic nitrogens is 4. The van der Waals surface area contributed by atoms with Crippen LogP contribution in [0.4, 0.5) is 0 Å².